The molecule has 0 rings (SSSR count). The third-order valence-electron chi connectivity index (χ3n) is 16.8. The quantitative estimate of drug-likeness (QED) is 0.0222. The van der Waals surface area contributed by atoms with Gasteiger partial charge in [0.25, 0.3) is 0 Å². The van der Waals surface area contributed by atoms with Crippen LogP contribution in [0.5, 0.6) is 0 Å². The summed E-state index contributed by atoms with van der Waals surface area (Å²) in [6.45, 7) is 14.1. The minimum Gasteiger partial charge on any atom is -0.462 e. The highest BCUT2D eigenvalue weighted by Gasteiger charge is 2.30. The molecule has 0 aromatic rings. The molecular formula is C70H136O17P2. The first-order valence-electron chi connectivity index (χ1n) is 36.3. The second-order valence-electron chi connectivity index (χ2n) is 26.7. The summed E-state index contributed by atoms with van der Waals surface area (Å²) in [7, 11) is -9.90. The smallest absolute Gasteiger partial charge is 0.462 e. The van der Waals surface area contributed by atoms with Crippen LogP contribution >= 0.6 is 15.6 Å². The number of aliphatic hydroxyl groups excluding tert-OH is 1. The number of unbranched alkanes of at least 4 members (excludes halogenated alkanes) is 31. The minimum absolute atomic E-state index is 0.104. The Balaban J connectivity index is 5.24. The fraction of sp³-hybridized carbons (Fsp3) is 0.943. The predicted octanol–water partition coefficient (Wildman–Crippen LogP) is 19.7. The van der Waals surface area contributed by atoms with E-state index in [-0.39, 0.29) is 25.7 Å². The van der Waals surface area contributed by atoms with Crippen molar-refractivity contribution in [3.63, 3.8) is 0 Å². The number of carbonyl (C=O) groups is 4. The third kappa shape index (κ3) is 62.0. The van der Waals surface area contributed by atoms with Gasteiger partial charge in [-0.05, 0) is 49.4 Å². The molecule has 0 aliphatic heterocycles. The van der Waals surface area contributed by atoms with E-state index in [1.807, 2.05) is 0 Å². The topological polar surface area (TPSA) is 237 Å². The summed E-state index contributed by atoms with van der Waals surface area (Å²) in [5.41, 5.74) is 0. The summed E-state index contributed by atoms with van der Waals surface area (Å²) < 4.78 is 68.3. The lowest BCUT2D eigenvalue weighted by Crippen LogP contribution is -2.30. The van der Waals surface area contributed by atoms with Gasteiger partial charge in [0, 0.05) is 25.7 Å². The van der Waals surface area contributed by atoms with Gasteiger partial charge in [0.2, 0.25) is 0 Å². The van der Waals surface area contributed by atoms with Crippen LogP contribution in [0.3, 0.4) is 0 Å². The molecule has 89 heavy (non-hydrogen) atoms. The Labute approximate surface area is 543 Å². The molecule has 0 saturated heterocycles. The Kier molecular flexibility index (Phi) is 58.5. The molecule has 3 N–H and O–H groups in total. The molecule has 0 bridgehead atoms. The molecule has 0 spiro atoms. The van der Waals surface area contributed by atoms with Crippen molar-refractivity contribution in [2.75, 3.05) is 39.6 Å². The van der Waals surface area contributed by atoms with Gasteiger partial charge in [-0.3, -0.25) is 37.3 Å². The van der Waals surface area contributed by atoms with Gasteiger partial charge in [-0.15, -0.1) is 0 Å². The number of esters is 4. The van der Waals surface area contributed by atoms with Gasteiger partial charge in [-0.25, -0.2) is 9.13 Å². The van der Waals surface area contributed by atoms with E-state index in [1.54, 1.807) is 0 Å². The van der Waals surface area contributed by atoms with Crippen molar-refractivity contribution in [3.8, 4) is 0 Å². The molecule has 0 fully saturated rings. The van der Waals surface area contributed by atoms with Crippen molar-refractivity contribution in [1.29, 1.82) is 0 Å². The van der Waals surface area contributed by atoms with Crippen molar-refractivity contribution in [2.45, 2.75) is 363 Å². The van der Waals surface area contributed by atoms with E-state index < -0.39 is 97.5 Å². The summed E-state index contributed by atoms with van der Waals surface area (Å²) in [6.07, 6.45) is 41.8. The van der Waals surface area contributed by atoms with E-state index in [2.05, 4.69) is 55.4 Å². The first-order valence-corrected chi connectivity index (χ1v) is 39.3. The van der Waals surface area contributed by atoms with Crippen molar-refractivity contribution in [1.82, 2.24) is 0 Å². The van der Waals surface area contributed by atoms with Gasteiger partial charge in [-0.2, -0.15) is 0 Å². The third-order valence-corrected chi connectivity index (χ3v) is 18.7. The molecular weight excluding hydrogens is 1170 g/mol. The molecule has 7 atom stereocenters. The fourth-order valence-corrected chi connectivity index (χ4v) is 12.0. The highest BCUT2D eigenvalue weighted by molar-refractivity contribution is 7.47. The van der Waals surface area contributed by atoms with E-state index in [9.17, 15) is 43.2 Å². The molecule has 0 aliphatic rings. The van der Waals surface area contributed by atoms with E-state index in [0.717, 1.165) is 126 Å². The van der Waals surface area contributed by atoms with Crippen molar-refractivity contribution >= 4 is 39.5 Å². The average Bonchev–Trinajstić information content (AvgIpc) is 3.56. The van der Waals surface area contributed by atoms with E-state index >= 15 is 0 Å². The Hall–Kier alpha value is -1.94. The summed E-state index contributed by atoms with van der Waals surface area (Å²) in [5, 5.41) is 10.6. The molecule has 19 heteroatoms. The lowest BCUT2D eigenvalue weighted by Gasteiger charge is -2.21. The van der Waals surface area contributed by atoms with Crippen LogP contribution in [-0.2, 0) is 65.4 Å². The zero-order valence-electron chi connectivity index (χ0n) is 58.1. The highest BCUT2D eigenvalue weighted by Crippen LogP contribution is 2.45. The maximum absolute atomic E-state index is 13.0. The summed E-state index contributed by atoms with van der Waals surface area (Å²) in [6, 6.07) is 0. The molecule has 0 heterocycles. The zero-order chi connectivity index (χ0) is 66.1. The second kappa shape index (κ2) is 59.8. The number of ether oxygens (including phenoxy) is 4. The number of aliphatic hydroxyl groups is 1. The number of hydrogen-bond acceptors (Lipinski definition) is 15. The monoisotopic (exact) mass is 1310 g/mol. The first kappa shape index (κ1) is 87.1. The zero-order valence-corrected chi connectivity index (χ0v) is 59.8. The van der Waals surface area contributed by atoms with Gasteiger partial charge in [-0.1, -0.05) is 293 Å². The van der Waals surface area contributed by atoms with E-state index in [0.29, 0.717) is 25.7 Å². The molecule has 528 valence electrons. The van der Waals surface area contributed by atoms with Crippen LogP contribution < -0.4 is 0 Å². The minimum atomic E-state index is -4.95. The van der Waals surface area contributed by atoms with Crippen LogP contribution in [0.15, 0.2) is 0 Å². The lowest BCUT2D eigenvalue weighted by molar-refractivity contribution is -0.161. The maximum atomic E-state index is 13.0. The molecule has 0 aromatic heterocycles. The first-order chi connectivity index (χ1) is 42.7. The molecule has 0 radical (unpaired) electrons. The van der Waals surface area contributed by atoms with Gasteiger partial charge in [0.05, 0.1) is 26.4 Å². The van der Waals surface area contributed by atoms with E-state index in [1.165, 1.54) is 135 Å². The Bertz CT molecular complexity index is 1770. The molecule has 0 aliphatic carbocycles. The lowest BCUT2D eigenvalue weighted by atomic mass is 10.00. The molecule has 0 amide bonds. The Morgan fingerprint density at radius 3 is 0.798 bits per heavy atom. The summed E-state index contributed by atoms with van der Waals surface area (Å²) >= 11 is 0. The largest absolute Gasteiger partial charge is 0.472 e. The van der Waals surface area contributed by atoms with Crippen LogP contribution in [0, 0.1) is 23.7 Å². The SMILES string of the molecule is CCC(C)CCCCCCCCC(=O)OC[C@H](COP(=O)(O)OC[C@H](O)COP(=O)(O)OC[C@@H](COC(=O)CCCCCCCCC(C)CC)OC(=O)CCCCCCCCCCCC(C)C)OC(=O)CCCCCCCCCCCCCCCCC(C)C. The maximum Gasteiger partial charge on any atom is 0.472 e. The number of rotatable bonds is 67. The van der Waals surface area contributed by atoms with Crippen molar-refractivity contribution in [3.05, 3.63) is 0 Å². The fourth-order valence-electron chi connectivity index (χ4n) is 10.4. The van der Waals surface area contributed by atoms with Gasteiger partial charge in [0.1, 0.15) is 19.3 Å². The van der Waals surface area contributed by atoms with E-state index in [4.69, 9.17) is 37.0 Å². The van der Waals surface area contributed by atoms with Crippen LogP contribution in [0.1, 0.15) is 344 Å². The van der Waals surface area contributed by atoms with Crippen molar-refractivity contribution in [2.24, 2.45) is 23.7 Å². The number of phosphoric acid groups is 2. The van der Waals surface area contributed by atoms with Gasteiger partial charge in [0.15, 0.2) is 12.2 Å². The Morgan fingerprint density at radius 1 is 0.315 bits per heavy atom. The second-order valence-corrected chi connectivity index (χ2v) is 29.6. The highest BCUT2D eigenvalue weighted by atomic mass is 31.2. The van der Waals surface area contributed by atoms with Crippen LogP contribution in [0.2, 0.25) is 0 Å². The van der Waals surface area contributed by atoms with Gasteiger partial charge < -0.3 is 33.8 Å². The number of phosphoric ester groups is 2. The van der Waals surface area contributed by atoms with Crippen molar-refractivity contribution < 1.29 is 80.2 Å². The normalized spacial score (nSPS) is 14.9. The molecule has 0 saturated carbocycles. The van der Waals surface area contributed by atoms with Crippen LogP contribution in [0.4, 0.5) is 0 Å². The molecule has 0 aromatic carbocycles. The number of hydrogen-bond donors (Lipinski definition) is 3. The Morgan fingerprint density at radius 2 is 0.539 bits per heavy atom. The number of carbonyl (C=O) groups excluding carboxylic acids is 4. The standard InChI is InChI=1S/C70H136O17P2/c1-9-62(7)48-40-32-26-28-34-42-50-67(72)80-56-65(86-69(74)52-44-36-24-20-16-14-12-11-13-15-18-22-30-38-46-60(3)4)58-84-88(76,77)82-54-64(71)55-83-89(78,79)85-59-66(57-81-68(73)51-43-35-29-27-33-41-49-63(8)10-2)87-70(75)53-45-37-25-21-17-19-23-31-39-47-61(5)6/h60-66,71H,9-59H2,1-8H3,(H,76,77)(H,78,79)/t62?,63?,64-,65+,66+/m0/s1. The summed E-state index contributed by atoms with van der Waals surface area (Å²) in [5.74, 6) is 0.861. The summed E-state index contributed by atoms with van der Waals surface area (Å²) in [4.78, 5) is 72.5. The van der Waals surface area contributed by atoms with Crippen LogP contribution in [-0.4, -0.2) is 96.7 Å². The molecule has 4 unspecified atom stereocenters. The van der Waals surface area contributed by atoms with Crippen LogP contribution in [0.25, 0.3) is 0 Å². The molecule has 17 nitrogen and oxygen atoms in total. The average molecular weight is 1310 g/mol. The van der Waals surface area contributed by atoms with Gasteiger partial charge >= 0.3 is 39.5 Å². The predicted molar refractivity (Wildman–Crippen MR) is 358 cm³/mol.